The van der Waals surface area contributed by atoms with E-state index in [4.69, 9.17) is 4.74 Å². The summed E-state index contributed by atoms with van der Waals surface area (Å²) in [4.78, 5) is 11.2. The highest BCUT2D eigenvalue weighted by molar-refractivity contribution is 5.69. The topological polar surface area (TPSA) is 38.3 Å². The van der Waals surface area contributed by atoms with Gasteiger partial charge in [0.2, 0.25) is 0 Å². The maximum atomic E-state index is 13.7. The highest BCUT2D eigenvalue weighted by Gasteiger charge is 2.40. The molecule has 0 spiro atoms. The van der Waals surface area contributed by atoms with Crippen LogP contribution < -0.4 is 5.32 Å². The molecule has 5 heteroatoms. The molecule has 1 aliphatic rings. The van der Waals surface area contributed by atoms with Crippen LogP contribution in [0, 0.1) is 17.0 Å². The maximum Gasteiger partial charge on any atom is 0.407 e. The van der Waals surface area contributed by atoms with Gasteiger partial charge in [-0.15, -0.1) is 0 Å². The van der Waals surface area contributed by atoms with Gasteiger partial charge in [0.15, 0.2) is 0 Å². The van der Waals surface area contributed by atoms with Gasteiger partial charge in [-0.3, -0.25) is 0 Å². The van der Waals surface area contributed by atoms with Gasteiger partial charge in [-0.1, -0.05) is 19.9 Å². The molecule has 1 aromatic carbocycles. The Labute approximate surface area is 97.8 Å². The Morgan fingerprint density at radius 2 is 1.94 bits per heavy atom. The Morgan fingerprint density at radius 1 is 1.35 bits per heavy atom. The molecule has 92 valence electrons. The third-order valence-corrected chi connectivity index (χ3v) is 2.91. The van der Waals surface area contributed by atoms with Gasteiger partial charge in [-0.25, -0.2) is 13.6 Å². The Bertz CT molecular complexity index is 440. The summed E-state index contributed by atoms with van der Waals surface area (Å²) in [5.41, 5.74) is -0.689. The molecule has 17 heavy (non-hydrogen) atoms. The van der Waals surface area contributed by atoms with E-state index in [2.05, 4.69) is 5.32 Å². The minimum atomic E-state index is -0.732. The van der Waals surface area contributed by atoms with Crippen molar-refractivity contribution in [3.8, 4) is 0 Å². The first-order valence-electron chi connectivity index (χ1n) is 5.29. The summed E-state index contributed by atoms with van der Waals surface area (Å²) in [6, 6.07) is 2.92. The smallest absolute Gasteiger partial charge is 0.407 e. The molecule has 1 aromatic rings. The van der Waals surface area contributed by atoms with Crippen LogP contribution in [0.2, 0.25) is 0 Å². The standard InChI is InChI=1S/C12H13F2NO2/c1-12(2)6-17-11(16)15-10(12)9-7(13)4-3-5-8(9)14/h3-5,10H,6H2,1-2H3,(H,15,16)/t10-/m1/s1. The molecule has 1 atom stereocenters. The van der Waals surface area contributed by atoms with Gasteiger partial charge in [-0.2, -0.15) is 0 Å². The van der Waals surface area contributed by atoms with E-state index in [1.807, 2.05) is 0 Å². The minimum Gasteiger partial charge on any atom is -0.449 e. The van der Waals surface area contributed by atoms with Crippen LogP contribution in [0.15, 0.2) is 18.2 Å². The van der Waals surface area contributed by atoms with Crippen LogP contribution in [0.3, 0.4) is 0 Å². The van der Waals surface area contributed by atoms with Crippen LogP contribution in [-0.4, -0.2) is 12.7 Å². The monoisotopic (exact) mass is 241 g/mol. The van der Waals surface area contributed by atoms with Crippen LogP contribution in [0.5, 0.6) is 0 Å². The van der Waals surface area contributed by atoms with Gasteiger partial charge in [0.05, 0.1) is 6.04 Å². The van der Waals surface area contributed by atoms with Gasteiger partial charge in [0, 0.05) is 11.0 Å². The molecule has 0 unspecified atom stereocenters. The Balaban J connectivity index is 2.46. The van der Waals surface area contributed by atoms with Crippen molar-refractivity contribution in [3.63, 3.8) is 0 Å². The van der Waals surface area contributed by atoms with E-state index in [9.17, 15) is 13.6 Å². The Hall–Kier alpha value is -1.65. The number of carbonyl (C=O) groups excluding carboxylic acids is 1. The largest absolute Gasteiger partial charge is 0.449 e. The number of cyclic esters (lactones) is 1. The molecule has 0 saturated carbocycles. The lowest BCUT2D eigenvalue weighted by Crippen LogP contribution is -2.47. The molecule has 0 aromatic heterocycles. The number of nitrogens with one attached hydrogen (secondary N) is 1. The summed E-state index contributed by atoms with van der Waals surface area (Å²) in [5.74, 6) is -1.32. The lowest BCUT2D eigenvalue weighted by Gasteiger charge is -2.38. The molecule has 3 nitrogen and oxygen atoms in total. The highest BCUT2D eigenvalue weighted by atomic mass is 19.1. The van der Waals surface area contributed by atoms with Crippen molar-refractivity contribution >= 4 is 6.09 Å². The van der Waals surface area contributed by atoms with Crippen molar-refractivity contribution in [2.45, 2.75) is 19.9 Å². The van der Waals surface area contributed by atoms with Crippen LogP contribution in [0.25, 0.3) is 0 Å². The third-order valence-electron chi connectivity index (χ3n) is 2.91. The second-order valence-electron chi connectivity index (χ2n) is 4.78. The van der Waals surface area contributed by atoms with Crippen LogP contribution in [0.4, 0.5) is 13.6 Å². The zero-order chi connectivity index (χ0) is 12.6. The molecule has 1 N–H and O–H groups in total. The summed E-state index contributed by atoms with van der Waals surface area (Å²) in [5, 5.41) is 2.46. The molecule has 0 bridgehead atoms. The number of halogens is 2. The maximum absolute atomic E-state index is 13.7. The fourth-order valence-electron chi connectivity index (χ4n) is 1.94. The van der Waals surface area contributed by atoms with E-state index in [-0.39, 0.29) is 12.2 Å². The number of alkyl carbamates (subject to hydrolysis) is 1. The molecule has 1 saturated heterocycles. The van der Waals surface area contributed by atoms with Crippen molar-refractivity contribution in [3.05, 3.63) is 35.4 Å². The molecule has 0 aliphatic carbocycles. The van der Waals surface area contributed by atoms with E-state index < -0.39 is 29.2 Å². The van der Waals surface area contributed by atoms with Gasteiger partial charge in [-0.05, 0) is 12.1 Å². The molecule has 0 radical (unpaired) electrons. The van der Waals surface area contributed by atoms with Gasteiger partial charge >= 0.3 is 6.09 Å². The van der Waals surface area contributed by atoms with Crippen LogP contribution >= 0.6 is 0 Å². The zero-order valence-corrected chi connectivity index (χ0v) is 9.59. The first kappa shape index (κ1) is 11.8. The number of benzene rings is 1. The first-order chi connectivity index (χ1) is 7.92. The Morgan fingerprint density at radius 3 is 2.53 bits per heavy atom. The normalized spacial score (nSPS) is 22.8. The minimum absolute atomic E-state index is 0.117. The molecule has 2 rings (SSSR count). The molecule has 1 heterocycles. The fourth-order valence-corrected chi connectivity index (χ4v) is 1.94. The second-order valence-corrected chi connectivity index (χ2v) is 4.78. The van der Waals surface area contributed by atoms with Crippen molar-refractivity contribution in [1.82, 2.24) is 5.32 Å². The molecule has 1 aliphatic heterocycles. The lowest BCUT2D eigenvalue weighted by atomic mass is 9.80. The van der Waals surface area contributed by atoms with Crippen LogP contribution in [-0.2, 0) is 4.74 Å². The summed E-state index contributed by atoms with van der Waals surface area (Å²) in [7, 11) is 0. The summed E-state index contributed by atoms with van der Waals surface area (Å²) < 4.78 is 32.2. The first-order valence-corrected chi connectivity index (χ1v) is 5.29. The number of hydrogen-bond acceptors (Lipinski definition) is 2. The SMILES string of the molecule is CC1(C)COC(=O)N[C@@H]1c1c(F)cccc1F. The summed E-state index contributed by atoms with van der Waals surface area (Å²) in [6.07, 6.45) is -0.656. The number of carbonyl (C=O) groups is 1. The molecule has 1 amide bonds. The fraction of sp³-hybridized carbons (Fsp3) is 0.417. The average molecular weight is 241 g/mol. The molecular formula is C12H13F2NO2. The van der Waals surface area contributed by atoms with Crippen molar-refractivity contribution in [2.75, 3.05) is 6.61 Å². The van der Waals surface area contributed by atoms with Crippen molar-refractivity contribution < 1.29 is 18.3 Å². The quantitative estimate of drug-likeness (QED) is 0.821. The Kier molecular flexibility index (Phi) is 2.77. The summed E-state index contributed by atoms with van der Waals surface area (Å²) >= 11 is 0. The molecular weight excluding hydrogens is 228 g/mol. The number of rotatable bonds is 1. The van der Waals surface area contributed by atoms with E-state index >= 15 is 0 Å². The predicted molar refractivity (Wildman–Crippen MR) is 57.4 cm³/mol. The number of hydrogen-bond donors (Lipinski definition) is 1. The highest BCUT2D eigenvalue weighted by Crippen LogP contribution is 2.38. The summed E-state index contributed by atoms with van der Waals surface area (Å²) in [6.45, 7) is 3.68. The third kappa shape index (κ3) is 2.09. The lowest BCUT2D eigenvalue weighted by molar-refractivity contribution is 0.0367. The second kappa shape index (κ2) is 3.98. The number of ether oxygens (including phenoxy) is 1. The van der Waals surface area contributed by atoms with E-state index in [1.54, 1.807) is 13.8 Å². The van der Waals surface area contributed by atoms with E-state index in [1.165, 1.54) is 18.2 Å². The van der Waals surface area contributed by atoms with E-state index in [0.29, 0.717) is 0 Å². The zero-order valence-electron chi connectivity index (χ0n) is 9.59. The van der Waals surface area contributed by atoms with Crippen molar-refractivity contribution in [2.24, 2.45) is 5.41 Å². The van der Waals surface area contributed by atoms with E-state index in [0.717, 1.165) is 0 Å². The predicted octanol–water partition coefficient (Wildman–Crippen LogP) is 2.77. The number of amides is 1. The van der Waals surface area contributed by atoms with Gasteiger partial charge in [0.25, 0.3) is 0 Å². The molecule has 1 fully saturated rings. The average Bonchev–Trinajstić information content (AvgIpc) is 2.23. The van der Waals surface area contributed by atoms with Gasteiger partial charge in [0.1, 0.15) is 18.2 Å². The van der Waals surface area contributed by atoms with Crippen LogP contribution in [0.1, 0.15) is 25.5 Å². The van der Waals surface area contributed by atoms with Gasteiger partial charge < -0.3 is 10.1 Å². The van der Waals surface area contributed by atoms with Crippen molar-refractivity contribution in [1.29, 1.82) is 0 Å².